The highest BCUT2D eigenvalue weighted by molar-refractivity contribution is 6.34. The van der Waals surface area contributed by atoms with Crippen molar-refractivity contribution >= 4 is 80.9 Å². The molecule has 3 aliphatic heterocycles. The molecule has 0 fully saturated rings. The molecule has 0 saturated heterocycles. The molecule has 0 atom stereocenters. The molecule has 7 heterocycles. The number of aromatic nitrogens is 5. The Morgan fingerprint density at radius 3 is 1.26 bits per heavy atom. The Balaban J connectivity index is 0.000000129. The number of benzene rings is 8. The number of carboxylic acid groups (broad SMARTS) is 3. The first-order chi connectivity index (χ1) is 45.5. The highest BCUT2D eigenvalue weighted by Crippen LogP contribution is 2.47. The lowest BCUT2D eigenvalue weighted by Crippen LogP contribution is -2.05. The van der Waals surface area contributed by atoms with E-state index in [1.165, 1.54) is 47.1 Å². The number of carboxylic acids is 3. The summed E-state index contributed by atoms with van der Waals surface area (Å²) in [5.41, 5.74) is 21.4. The lowest BCUT2D eigenvalue weighted by Gasteiger charge is -2.16. The zero-order valence-electron chi connectivity index (χ0n) is 53.2. The molecule has 8 aromatic carbocycles. The van der Waals surface area contributed by atoms with Crippen LogP contribution in [0.2, 0.25) is 5.02 Å². The van der Waals surface area contributed by atoms with Crippen molar-refractivity contribution in [2.45, 2.75) is 85.9 Å². The van der Waals surface area contributed by atoms with Crippen LogP contribution in [0.1, 0.15) is 147 Å². The van der Waals surface area contributed by atoms with Gasteiger partial charge in [-0.15, -0.1) is 0 Å². The van der Waals surface area contributed by atoms with Crippen molar-refractivity contribution in [1.82, 2.24) is 23.5 Å². The normalized spacial score (nSPS) is 12.7. The molecule has 18 heteroatoms. The number of hydrogen-bond donors (Lipinski definition) is 3. The van der Waals surface area contributed by atoms with Gasteiger partial charge in [0.25, 0.3) is 0 Å². The summed E-state index contributed by atoms with van der Waals surface area (Å²) < 4.78 is 48.9. The number of aliphatic imine (C=N–C) groups is 3. The zero-order valence-corrected chi connectivity index (χ0v) is 53.9. The first kappa shape index (κ1) is 62.9. The molecule has 0 spiro atoms. The van der Waals surface area contributed by atoms with Crippen molar-refractivity contribution in [3.63, 3.8) is 0 Å². The highest BCUT2D eigenvalue weighted by Gasteiger charge is 2.30. The van der Waals surface area contributed by atoms with E-state index in [0.29, 0.717) is 35.9 Å². The fraction of sp³-hybridized carbons (Fsp3) is 0.182. The number of hydrogen-bond acceptors (Lipinski definition) is 7. The average Bonchev–Trinajstić information content (AvgIpc) is 1.59. The minimum Gasteiger partial charge on any atom is -0.478 e. The third-order valence-electron chi connectivity index (χ3n) is 17.6. The van der Waals surface area contributed by atoms with Gasteiger partial charge < -0.3 is 29.0 Å². The van der Waals surface area contributed by atoms with Crippen molar-refractivity contribution in [2.24, 2.45) is 22.0 Å². The van der Waals surface area contributed by atoms with Gasteiger partial charge in [-0.2, -0.15) is 5.10 Å². The number of fused-ring (bicyclic) bond motifs is 6. The maximum absolute atomic E-state index is 13.7. The lowest BCUT2D eigenvalue weighted by atomic mass is 9.93. The number of nitrogens with zero attached hydrogens (tertiary/aromatic N) is 8. The molecule has 476 valence electrons. The molecule has 0 bridgehead atoms. The van der Waals surface area contributed by atoms with E-state index in [2.05, 4.69) is 112 Å². The average molecular weight is 1290 g/mol. The number of carbonyl (C=O) groups is 3. The maximum atomic E-state index is 13.7. The van der Waals surface area contributed by atoms with E-state index in [1.54, 1.807) is 73.8 Å². The van der Waals surface area contributed by atoms with Crippen LogP contribution in [-0.2, 0) is 26.7 Å². The second kappa shape index (κ2) is 24.9. The molecule has 3 N–H and O–H groups in total. The van der Waals surface area contributed by atoms with Crippen molar-refractivity contribution in [2.75, 3.05) is 0 Å². The van der Waals surface area contributed by atoms with E-state index in [1.807, 2.05) is 31.6 Å². The van der Waals surface area contributed by atoms with Gasteiger partial charge in [0.1, 0.15) is 23.1 Å². The minimum atomic E-state index is -1.02. The fourth-order valence-electron chi connectivity index (χ4n) is 13.5. The van der Waals surface area contributed by atoms with Crippen LogP contribution in [-0.4, -0.2) is 75.4 Å². The summed E-state index contributed by atoms with van der Waals surface area (Å²) in [7, 11) is 1.63. The molecule has 12 aromatic rings. The van der Waals surface area contributed by atoms with E-state index in [4.69, 9.17) is 11.6 Å². The van der Waals surface area contributed by atoms with Crippen LogP contribution in [0.3, 0.4) is 0 Å². The van der Waals surface area contributed by atoms with Crippen LogP contribution >= 0.6 is 11.6 Å². The monoisotopic (exact) mass is 1290 g/mol. The second-order valence-corrected chi connectivity index (χ2v) is 25.4. The molecule has 0 radical (unpaired) electrons. The van der Waals surface area contributed by atoms with Gasteiger partial charge >= 0.3 is 17.9 Å². The standard InChI is InChI=1S/C27H23FN2O2.C26H20ClFN2O2.C24H21FN4O2/c1-15(2)26-25(17-8-16(3)9-18(10-17)27(31)32)23-11-19-13-29-14-20(19)12-24(23)30(26)22-6-4-21(28)5-7-22;1-14(2)25-24(20-9-15(26(31)32)3-8-22(20)27)21-10-16-12-29-13-17(16)11-23(21)30(25)19-6-4-18(28)5-7-19;1-13(2)23-22(19-10-21(24(30)31)28(3)27-19)18-8-14-11-26-12-15(14)9-20(18)29(23)17-6-4-16(25)5-7-17/h4-12,14-15H,13H2,1-3H3,(H,31,32);3-11,13-14H,12H2,1-2H3,(H,31,32);4-10,12-13H,11H2,1-3H3,(H,30,31). The molecule has 0 unspecified atom stereocenters. The molecular weight excluding hydrogens is 1230 g/mol. The summed E-state index contributed by atoms with van der Waals surface area (Å²) in [5.74, 6) is -3.54. The largest absolute Gasteiger partial charge is 0.478 e. The van der Waals surface area contributed by atoms with Gasteiger partial charge in [0.2, 0.25) is 0 Å². The van der Waals surface area contributed by atoms with Gasteiger partial charge in [0.05, 0.1) is 53.0 Å². The Kier molecular flexibility index (Phi) is 16.5. The number of halogens is 4. The van der Waals surface area contributed by atoms with Crippen LogP contribution in [0.15, 0.2) is 167 Å². The number of aryl methyl sites for hydroxylation is 2. The van der Waals surface area contributed by atoms with Gasteiger partial charge in [0, 0.05) is 103 Å². The Morgan fingerprint density at radius 1 is 0.463 bits per heavy atom. The van der Waals surface area contributed by atoms with Crippen molar-refractivity contribution in [1.29, 1.82) is 0 Å². The third-order valence-corrected chi connectivity index (χ3v) is 17.9. The molecule has 3 aliphatic rings. The Labute approximate surface area is 549 Å². The Morgan fingerprint density at radius 2 is 0.863 bits per heavy atom. The van der Waals surface area contributed by atoms with Gasteiger partial charge in [-0.1, -0.05) is 59.2 Å². The molecule has 15 rings (SSSR count). The smallest absolute Gasteiger partial charge is 0.354 e. The number of rotatable bonds is 12. The van der Waals surface area contributed by atoms with Gasteiger partial charge in [-0.25, -0.2) is 27.6 Å². The lowest BCUT2D eigenvalue weighted by molar-refractivity contribution is 0.0677. The van der Waals surface area contributed by atoms with Crippen molar-refractivity contribution < 1.29 is 42.9 Å². The minimum absolute atomic E-state index is 0.0792. The first-order valence-electron chi connectivity index (χ1n) is 31.1. The van der Waals surface area contributed by atoms with Crippen molar-refractivity contribution in [3.05, 3.63) is 247 Å². The van der Waals surface area contributed by atoms with Crippen molar-refractivity contribution in [3.8, 4) is 50.6 Å². The summed E-state index contributed by atoms with van der Waals surface area (Å²) in [4.78, 5) is 48.3. The Bertz CT molecular complexity index is 5240. The molecule has 14 nitrogen and oxygen atoms in total. The van der Waals surface area contributed by atoms with Crippen LogP contribution in [0.4, 0.5) is 13.2 Å². The second-order valence-electron chi connectivity index (χ2n) is 25.0. The quantitative estimate of drug-likeness (QED) is 0.109. The topological polar surface area (TPSA) is 182 Å². The van der Waals surface area contributed by atoms with E-state index >= 15 is 0 Å². The van der Waals surface area contributed by atoms with Crippen LogP contribution in [0.25, 0.3) is 83.3 Å². The summed E-state index contributed by atoms with van der Waals surface area (Å²) in [6.07, 6.45) is 5.62. The maximum Gasteiger partial charge on any atom is 0.354 e. The molecule has 0 aliphatic carbocycles. The molecule has 0 amide bonds. The Hall–Kier alpha value is -10.9. The molecule has 95 heavy (non-hydrogen) atoms. The summed E-state index contributed by atoms with van der Waals surface area (Å²) in [6, 6.07) is 43.9. The summed E-state index contributed by atoms with van der Waals surface area (Å²) >= 11 is 6.63. The molecule has 0 saturated carbocycles. The van der Waals surface area contributed by atoms with E-state index in [-0.39, 0.29) is 52.0 Å². The summed E-state index contributed by atoms with van der Waals surface area (Å²) in [5, 5.41) is 36.8. The first-order valence-corrected chi connectivity index (χ1v) is 31.5. The van der Waals surface area contributed by atoms with E-state index in [9.17, 15) is 42.9 Å². The zero-order chi connectivity index (χ0) is 67.0. The van der Waals surface area contributed by atoms with E-state index < -0.39 is 17.9 Å². The highest BCUT2D eigenvalue weighted by atomic mass is 35.5. The molecule has 4 aromatic heterocycles. The van der Waals surface area contributed by atoms with Crippen LogP contribution in [0, 0.1) is 24.4 Å². The fourth-order valence-corrected chi connectivity index (χ4v) is 13.7. The number of aromatic carboxylic acids is 3. The molecular formula is C77H64ClF3N8O6. The predicted octanol–water partition coefficient (Wildman–Crippen LogP) is 18.3. The summed E-state index contributed by atoms with van der Waals surface area (Å²) in [6.45, 7) is 16.4. The van der Waals surface area contributed by atoms with Gasteiger partial charge in [0.15, 0.2) is 0 Å². The van der Waals surface area contributed by atoms with E-state index in [0.717, 1.165) is 128 Å². The SMILES string of the molecule is CC(C)c1c(-c2cc(C(=O)O)ccc2Cl)c2cc3c(cc2n1-c1ccc(F)cc1)C=NC3.CC(C)c1c(-c2cc(C(=O)O)n(C)n2)c2cc3c(cc2n1-c1ccc(F)cc1)C=NC3.Cc1cc(C(=O)O)cc(-c2c(C(C)C)n(-c3ccc(F)cc3)c3cc4c(cc23)CN=C4)c1. The van der Waals surface area contributed by atoms with Crippen LogP contribution in [0.5, 0.6) is 0 Å². The van der Waals surface area contributed by atoms with Gasteiger partial charge in [-0.05, 0) is 215 Å². The third kappa shape index (κ3) is 11.5. The van der Waals surface area contributed by atoms with Gasteiger partial charge in [-0.3, -0.25) is 19.7 Å². The predicted molar refractivity (Wildman–Crippen MR) is 370 cm³/mol. The van der Waals surface area contributed by atoms with Crippen LogP contribution < -0.4 is 0 Å².